The van der Waals surface area contributed by atoms with E-state index in [1.165, 1.54) is 33.3 Å². The van der Waals surface area contributed by atoms with Crippen molar-refractivity contribution in [3.05, 3.63) is 69.5 Å². The molecule has 2 saturated heterocycles. The van der Waals surface area contributed by atoms with Crippen molar-refractivity contribution in [3.8, 4) is 11.5 Å². The molecule has 2 aromatic rings. The van der Waals surface area contributed by atoms with Crippen molar-refractivity contribution < 1.29 is 28.7 Å². The molecule has 4 amide bonds. The van der Waals surface area contributed by atoms with Crippen LogP contribution in [0.15, 0.2) is 58.3 Å². The van der Waals surface area contributed by atoms with Crippen molar-refractivity contribution in [3.63, 3.8) is 0 Å². The highest BCUT2D eigenvalue weighted by molar-refractivity contribution is 8.27. The second kappa shape index (κ2) is 16.5. The number of methoxy groups -OCH3 is 1. The van der Waals surface area contributed by atoms with Crippen LogP contribution in [0.2, 0.25) is 0 Å². The molecular weight excluding hydrogens is 653 g/mol. The van der Waals surface area contributed by atoms with Gasteiger partial charge in [-0.15, -0.1) is 0 Å². The van der Waals surface area contributed by atoms with Crippen molar-refractivity contribution in [2.75, 3.05) is 26.8 Å². The topological polar surface area (TPSA) is 117 Å². The molecule has 0 atom stereocenters. The maximum Gasteiger partial charge on any atom is 0.266 e. The molecular formula is C31H32N4O6S4. The molecule has 0 saturated carbocycles. The number of nitrogens with one attached hydrogen (secondary N) is 2. The Morgan fingerprint density at radius 3 is 1.73 bits per heavy atom. The van der Waals surface area contributed by atoms with Gasteiger partial charge in [0.15, 0.2) is 0 Å². The lowest BCUT2D eigenvalue weighted by atomic mass is 10.2. The Bertz CT molecular complexity index is 1560. The first-order valence-electron chi connectivity index (χ1n) is 14.1. The van der Waals surface area contributed by atoms with Gasteiger partial charge in [0.25, 0.3) is 11.8 Å². The minimum atomic E-state index is -0.392. The van der Waals surface area contributed by atoms with Gasteiger partial charge in [-0.05, 0) is 67.3 Å². The molecule has 236 valence electrons. The number of hydrogen-bond donors (Lipinski definition) is 2. The van der Waals surface area contributed by atoms with E-state index in [-0.39, 0.29) is 37.7 Å². The van der Waals surface area contributed by atoms with Gasteiger partial charge < -0.3 is 9.47 Å². The highest BCUT2D eigenvalue weighted by Gasteiger charge is 2.32. The lowest BCUT2D eigenvalue weighted by molar-refractivity contribution is -0.129. The highest BCUT2D eigenvalue weighted by atomic mass is 32.2. The van der Waals surface area contributed by atoms with E-state index in [9.17, 15) is 19.2 Å². The van der Waals surface area contributed by atoms with Crippen LogP contribution in [0, 0.1) is 0 Å². The van der Waals surface area contributed by atoms with E-state index in [4.69, 9.17) is 33.9 Å². The summed E-state index contributed by atoms with van der Waals surface area (Å²) in [6.45, 7) is 3.00. The monoisotopic (exact) mass is 684 g/mol. The fourth-order valence-corrected chi connectivity index (χ4v) is 6.96. The normalized spacial score (nSPS) is 16.6. The maximum absolute atomic E-state index is 12.9. The number of amides is 4. The third-order valence-electron chi connectivity index (χ3n) is 6.52. The molecule has 4 rings (SSSR count). The van der Waals surface area contributed by atoms with E-state index in [1.54, 1.807) is 19.3 Å². The quantitative estimate of drug-likeness (QED) is 0.171. The molecule has 0 aromatic heterocycles. The van der Waals surface area contributed by atoms with Gasteiger partial charge in [0.1, 0.15) is 20.1 Å². The fraction of sp³-hybridized carbons (Fsp3) is 0.290. The van der Waals surface area contributed by atoms with Crippen LogP contribution in [0.4, 0.5) is 0 Å². The summed E-state index contributed by atoms with van der Waals surface area (Å²) in [6.07, 6.45) is 4.42. The number of nitrogens with zero attached hydrogens (tertiary/aromatic N) is 2. The van der Waals surface area contributed by atoms with Crippen molar-refractivity contribution in [2.24, 2.45) is 0 Å². The van der Waals surface area contributed by atoms with Crippen molar-refractivity contribution in [2.45, 2.75) is 32.6 Å². The number of thioether (sulfide) groups is 2. The number of carbonyl (C=O) groups excluding carboxylic acids is 4. The Balaban J connectivity index is 1.15. The number of hydrazine groups is 1. The zero-order valence-electron chi connectivity index (χ0n) is 24.7. The molecule has 2 heterocycles. The van der Waals surface area contributed by atoms with Crippen LogP contribution in [-0.4, -0.2) is 68.9 Å². The zero-order chi connectivity index (χ0) is 32.3. The molecule has 0 spiro atoms. The Hall–Kier alpha value is -3.72. The standard InChI is InChI=1S/C31H32N4O6S4/c1-3-41-23-11-5-9-21(17-23)19-25-29(39)35(31(43)45-25)15-7-13-27(37)33-32-26(36)12-6-14-34-28(38)24(44-30(34)42)18-20-8-4-10-22(16-20)40-2/h4-5,8-11,16-19H,3,6-7,12-15H2,1-2H3,(H,32,36)(H,33,37)/b24-18-,25-19+. The molecule has 2 aliphatic heterocycles. The minimum absolute atomic E-state index is 0.0859. The molecule has 14 heteroatoms. The van der Waals surface area contributed by atoms with Crippen molar-refractivity contribution in [1.29, 1.82) is 0 Å². The third kappa shape index (κ3) is 9.63. The van der Waals surface area contributed by atoms with Crippen LogP contribution in [0.1, 0.15) is 43.7 Å². The number of ether oxygens (including phenoxy) is 2. The summed E-state index contributed by atoms with van der Waals surface area (Å²) in [5.41, 5.74) is 6.44. The average Bonchev–Trinajstić information content (AvgIpc) is 3.44. The zero-order valence-corrected chi connectivity index (χ0v) is 28.0. The van der Waals surface area contributed by atoms with Crippen molar-refractivity contribution >= 4 is 92.4 Å². The van der Waals surface area contributed by atoms with Crippen molar-refractivity contribution in [1.82, 2.24) is 20.7 Å². The van der Waals surface area contributed by atoms with Gasteiger partial charge in [-0.1, -0.05) is 72.2 Å². The number of rotatable bonds is 13. The Morgan fingerprint density at radius 2 is 1.27 bits per heavy atom. The lowest BCUT2D eigenvalue weighted by Crippen LogP contribution is -2.42. The largest absolute Gasteiger partial charge is 0.497 e. The van der Waals surface area contributed by atoms with Gasteiger partial charge in [-0.25, -0.2) is 0 Å². The first-order chi connectivity index (χ1) is 21.7. The van der Waals surface area contributed by atoms with Crippen LogP contribution in [0.3, 0.4) is 0 Å². The van der Waals surface area contributed by atoms with Crippen LogP contribution in [0.5, 0.6) is 11.5 Å². The van der Waals surface area contributed by atoms with E-state index in [0.29, 0.717) is 43.6 Å². The van der Waals surface area contributed by atoms with E-state index in [0.717, 1.165) is 16.9 Å². The summed E-state index contributed by atoms with van der Waals surface area (Å²) in [7, 11) is 1.58. The first-order valence-corrected chi connectivity index (χ1v) is 16.6. The van der Waals surface area contributed by atoms with E-state index < -0.39 is 11.8 Å². The first kappa shape index (κ1) is 34.2. The SMILES string of the molecule is CCOc1cccc(/C=C2/SC(=S)N(CCCC(=O)NNC(=O)CCCN3C(=O)/C(=C/c4cccc(OC)c4)SC3=S)C2=O)c1. The molecule has 0 bridgehead atoms. The summed E-state index contributed by atoms with van der Waals surface area (Å²) < 4.78 is 11.6. The maximum atomic E-state index is 12.9. The number of hydrogen-bond acceptors (Lipinski definition) is 10. The minimum Gasteiger partial charge on any atom is -0.497 e. The average molecular weight is 685 g/mol. The lowest BCUT2D eigenvalue weighted by Gasteiger charge is -2.15. The summed E-state index contributed by atoms with van der Waals surface area (Å²) in [6, 6.07) is 14.8. The van der Waals surface area contributed by atoms with Crippen LogP contribution in [0.25, 0.3) is 12.2 Å². The predicted molar refractivity (Wildman–Crippen MR) is 185 cm³/mol. The number of carbonyl (C=O) groups is 4. The molecule has 0 radical (unpaired) electrons. The second-order valence-corrected chi connectivity index (χ2v) is 13.1. The second-order valence-electron chi connectivity index (χ2n) is 9.75. The fourth-order valence-electron chi connectivity index (χ4n) is 4.34. The summed E-state index contributed by atoms with van der Waals surface area (Å²) >= 11 is 13.2. The molecule has 0 aliphatic carbocycles. The number of benzene rings is 2. The van der Waals surface area contributed by atoms with Gasteiger partial charge in [-0.2, -0.15) is 0 Å². The molecule has 10 nitrogen and oxygen atoms in total. The van der Waals surface area contributed by atoms with Gasteiger partial charge in [-0.3, -0.25) is 39.8 Å². The number of thiocarbonyl (C=S) groups is 2. The molecule has 2 aromatic carbocycles. The van der Waals surface area contributed by atoms with Gasteiger partial charge in [0.2, 0.25) is 11.8 Å². The Morgan fingerprint density at radius 1 is 0.800 bits per heavy atom. The predicted octanol–water partition coefficient (Wildman–Crippen LogP) is 4.90. The Labute approximate surface area is 280 Å². The molecule has 0 unspecified atom stereocenters. The van der Waals surface area contributed by atoms with Crippen LogP contribution in [-0.2, 0) is 19.2 Å². The van der Waals surface area contributed by atoms with Gasteiger partial charge >= 0.3 is 0 Å². The molecule has 2 N–H and O–H groups in total. The summed E-state index contributed by atoms with van der Waals surface area (Å²) in [5.74, 6) is 0.196. The van der Waals surface area contributed by atoms with Crippen LogP contribution < -0.4 is 20.3 Å². The molecule has 2 aliphatic rings. The van der Waals surface area contributed by atoms with E-state index in [1.807, 2.05) is 55.5 Å². The third-order valence-corrected chi connectivity index (χ3v) is 9.27. The van der Waals surface area contributed by atoms with Crippen LogP contribution >= 0.6 is 48.0 Å². The highest BCUT2D eigenvalue weighted by Crippen LogP contribution is 2.34. The van der Waals surface area contributed by atoms with Gasteiger partial charge in [0, 0.05) is 25.9 Å². The Kier molecular flexibility index (Phi) is 12.6. The molecule has 45 heavy (non-hydrogen) atoms. The summed E-state index contributed by atoms with van der Waals surface area (Å²) in [4.78, 5) is 54.3. The van der Waals surface area contributed by atoms with E-state index >= 15 is 0 Å². The smallest absolute Gasteiger partial charge is 0.266 e. The summed E-state index contributed by atoms with van der Waals surface area (Å²) in [5, 5.41) is 0. The van der Waals surface area contributed by atoms with E-state index in [2.05, 4.69) is 10.9 Å². The molecule has 2 fully saturated rings. The van der Waals surface area contributed by atoms with Gasteiger partial charge in [0.05, 0.1) is 23.5 Å².